The van der Waals surface area contributed by atoms with Crippen LogP contribution >= 0.6 is 0 Å². The maximum Gasteiger partial charge on any atom is 0.105 e. The molecule has 2 nitrogen and oxygen atoms in total. The Morgan fingerprint density at radius 1 is 1.18 bits per heavy atom. The molecule has 0 saturated heterocycles. The van der Waals surface area contributed by atoms with Crippen molar-refractivity contribution < 1.29 is 9.84 Å². The van der Waals surface area contributed by atoms with Crippen LogP contribution in [0.3, 0.4) is 0 Å². The van der Waals surface area contributed by atoms with E-state index >= 15 is 0 Å². The van der Waals surface area contributed by atoms with Crippen LogP contribution in [0.2, 0.25) is 0 Å². The van der Waals surface area contributed by atoms with Crippen molar-refractivity contribution in [3.63, 3.8) is 0 Å². The molecular weight excluding hydrogens is 140 g/mol. The zero-order chi connectivity index (χ0) is 8.36. The van der Waals surface area contributed by atoms with Gasteiger partial charge in [0.05, 0.1) is 0 Å². The zero-order valence-corrected chi connectivity index (χ0v) is 6.96. The molecular formula is C9H17O2. The molecule has 0 aromatic carbocycles. The number of rotatable bonds is 8. The van der Waals surface area contributed by atoms with E-state index in [9.17, 15) is 0 Å². The lowest BCUT2D eigenvalue weighted by Crippen LogP contribution is -1.91. The van der Waals surface area contributed by atoms with Crippen molar-refractivity contribution in [2.75, 3.05) is 13.2 Å². The molecule has 0 aliphatic heterocycles. The van der Waals surface area contributed by atoms with Crippen molar-refractivity contribution in [1.29, 1.82) is 0 Å². The first kappa shape index (κ1) is 10.7. The molecule has 0 aliphatic carbocycles. The fourth-order valence-corrected chi connectivity index (χ4v) is 0.787. The Hall–Kier alpha value is -0.340. The van der Waals surface area contributed by atoms with Gasteiger partial charge in [-0.3, -0.25) is 0 Å². The van der Waals surface area contributed by atoms with E-state index < -0.39 is 0 Å². The molecule has 65 valence electrons. The summed E-state index contributed by atoms with van der Waals surface area (Å²) in [5.74, 6) is 0. The van der Waals surface area contributed by atoms with Crippen LogP contribution in [0, 0.1) is 6.61 Å². The summed E-state index contributed by atoms with van der Waals surface area (Å²) in [5, 5.41) is 8.46. The van der Waals surface area contributed by atoms with Gasteiger partial charge in [-0.15, -0.1) is 6.58 Å². The summed E-state index contributed by atoms with van der Waals surface area (Å²) in [6.45, 7) is 6.16. The molecule has 1 radical (unpaired) electrons. The number of hydrogen-bond donors (Lipinski definition) is 1. The normalized spacial score (nSPS) is 9.91. The standard InChI is InChI=1S/C9H17O2/c1-2-8-11-9-6-4-3-5-7-10/h2,8,10H,1,3-7,9H2. The van der Waals surface area contributed by atoms with Crippen molar-refractivity contribution in [3.05, 3.63) is 19.3 Å². The van der Waals surface area contributed by atoms with Crippen LogP contribution in [0.25, 0.3) is 0 Å². The van der Waals surface area contributed by atoms with Gasteiger partial charge >= 0.3 is 0 Å². The van der Waals surface area contributed by atoms with Gasteiger partial charge in [-0.25, -0.2) is 0 Å². The van der Waals surface area contributed by atoms with Crippen molar-refractivity contribution in [2.24, 2.45) is 0 Å². The topological polar surface area (TPSA) is 29.5 Å². The minimum Gasteiger partial charge on any atom is -0.396 e. The Morgan fingerprint density at radius 3 is 2.55 bits per heavy atom. The third-order valence-corrected chi connectivity index (χ3v) is 1.36. The van der Waals surface area contributed by atoms with E-state index in [0.717, 1.165) is 32.3 Å². The molecule has 0 spiro atoms. The minimum atomic E-state index is 0.305. The first-order valence-electron chi connectivity index (χ1n) is 4.08. The lowest BCUT2D eigenvalue weighted by atomic mass is 10.2. The Bertz CT molecular complexity index is 81.6. The second-order valence-corrected chi connectivity index (χ2v) is 2.38. The van der Waals surface area contributed by atoms with Gasteiger partial charge in [-0.2, -0.15) is 0 Å². The summed E-state index contributed by atoms with van der Waals surface area (Å²) in [5.41, 5.74) is 0. The maximum absolute atomic E-state index is 8.46. The van der Waals surface area contributed by atoms with E-state index in [1.807, 2.05) is 0 Å². The van der Waals surface area contributed by atoms with Gasteiger partial charge in [0.25, 0.3) is 0 Å². The second kappa shape index (κ2) is 9.66. The minimum absolute atomic E-state index is 0.305. The number of aliphatic hydroxyl groups is 1. The molecule has 0 heterocycles. The SMILES string of the molecule is C=C[CH]OCCCCCCO. The molecule has 0 bridgehead atoms. The number of hydrogen-bond acceptors (Lipinski definition) is 2. The van der Waals surface area contributed by atoms with Crippen molar-refractivity contribution >= 4 is 0 Å². The highest BCUT2D eigenvalue weighted by atomic mass is 16.5. The van der Waals surface area contributed by atoms with E-state index in [2.05, 4.69) is 6.58 Å². The van der Waals surface area contributed by atoms with Crippen LogP contribution in [0.15, 0.2) is 12.7 Å². The van der Waals surface area contributed by atoms with Gasteiger partial charge in [-0.1, -0.05) is 18.9 Å². The first-order valence-corrected chi connectivity index (χ1v) is 4.08. The highest BCUT2D eigenvalue weighted by Crippen LogP contribution is 1.99. The smallest absolute Gasteiger partial charge is 0.105 e. The third kappa shape index (κ3) is 9.66. The van der Waals surface area contributed by atoms with Crippen LogP contribution < -0.4 is 0 Å². The number of unbranched alkanes of at least 4 members (excludes halogenated alkanes) is 3. The van der Waals surface area contributed by atoms with Crippen molar-refractivity contribution in [1.82, 2.24) is 0 Å². The van der Waals surface area contributed by atoms with E-state index in [-0.39, 0.29) is 0 Å². The summed E-state index contributed by atoms with van der Waals surface area (Å²) in [4.78, 5) is 0. The quantitative estimate of drug-likeness (QED) is 0.545. The first-order chi connectivity index (χ1) is 5.41. The number of aliphatic hydroxyl groups excluding tert-OH is 1. The van der Waals surface area contributed by atoms with E-state index in [1.165, 1.54) is 0 Å². The van der Waals surface area contributed by atoms with Crippen molar-refractivity contribution in [3.8, 4) is 0 Å². The maximum atomic E-state index is 8.46. The fraction of sp³-hybridized carbons (Fsp3) is 0.667. The Labute approximate surface area is 68.9 Å². The van der Waals surface area contributed by atoms with Crippen LogP contribution in [0.1, 0.15) is 25.7 Å². The fourth-order valence-electron chi connectivity index (χ4n) is 0.787. The lowest BCUT2D eigenvalue weighted by molar-refractivity contribution is 0.206. The van der Waals surface area contributed by atoms with Crippen LogP contribution in [0.4, 0.5) is 0 Å². The van der Waals surface area contributed by atoms with Gasteiger partial charge in [0, 0.05) is 13.2 Å². The average molecular weight is 157 g/mol. The Balaban J connectivity index is 2.74. The monoisotopic (exact) mass is 157 g/mol. The predicted molar refractivity (Wildman–Crippen MR) is 46.0 cm³/mol. The Kier molecular flexibility index (Phi) is 9.36. The van der Waals surface area contributed by atoms with E-state index in [0.29, 0.717) is 6.61 Å². The zero-order valence-electron chi connectivity index (χ0n) is 6.96. The summed E-state index contributed by atoms with van der Waals surface area (Å²) >= 11 is 0. The predicted octanol–water partition coefficient (Wildman–Crippen LogP) is 1.90. The van der Waals surface area contributed by atoms with Crippen LogP contribution in [-0.2, 0) is 4.74 Å². The number of ether oxygens (including phenoxy) is 1. The molecule has 0 atom stereocenters. The molecule has 0 rings (SSSR count). The molecule has 2 heteroatoms. The molecule has 0 aromatic rings. The molecule has 0 aromatic heterocycles. The average Bonchev–Trinajstić information content (AvgIpc) is 2.03. The van der Waals surface area contributed by atoms with E-state index in [4.69, 9.17) is 9.84 Å². The van der Waals surface area contributed by atoms with Gasteiger partial charge < -0.3 is 9.84 Å². The molecule has 11 heavy (non-hydrogen) atoms. The third-order valence-electron chi connectivity index (χ3n) is 1.36. The van der Waals surface area contributed by atoms with Gasteiger partial charge in [-0.05, 0) is 12.8 Å². The highest BCUT2D eigenvalue weighted by Gasteiger charge is 1.88. The lowest BCUT2D eigenvalue weighted by Gasteiger charge is -1.99. The summed E-state index contributed by atoms with van der Waals surface area (Å²) in [6, 6.07) is 0. The molecule has 0 aliphatic rings. The Morgan fingerprint density at radius 2 is 1.91 bits per heavy atom. The summed E-state index contributed by atoms with van der Waals surface area (Å²) in [7, 11) is 0. The largest absolute Gasteiger partial charge is 0.396 e. The molecule has 1 N–H and O–H groups in total. The summed E-state index contributed by atoms with van der Waals surface area (Å²) < 4.78 is 5.06. The van der Waals surface area contributed by atoms with Crippen LogP contribution in [-0.4, -0.2) is 18.3 Å². The van der Waals surface area contributed by atoms with Gasteiger partial charge in [0.15, 0.2) is 0 Å². The molecule has 0 fully saturated rings. The van der Waals surface area contributed by atoms with Crippen molar-refractivity contribution in [2.45, 2.75) is 25.7 Å². The highest BCUT2D eigenvalue weighted by molar-refractivity contribution is 4.76. The molecule has 0 saturated carbocycles. The molecule has 0 amide bonds. The van der Waals surface area contributed by atoms with E-state index in [1.54, 1.807) is 12.7 Å². The summed E-state index contributed by atoms with van der Waals surface area (Å²) in [6.07, 6.45) is 5.82. The van der Waals surface area contributed by atoms with Gasteiger partial charge in [0.1, 0.15) is 6.61 Å². The van der Waals surface area contributed by atoms with Crippen LogP contribution in [0.5, 0.6) is 0 Å². The molecule has 0 unspecified atom stereocenters. The van der Waals surface area contributed by atoms with Gasteiger partial charge in [0.2, 0.25) is 0 Å². The second-order valence-electron chi connectivity index (χ2n) is 2.38.